The lowest BCUT2D eigenvalue weighted by Gasteiger charge is -2.28. The molecule has 0 aliphatic carbocycles. The molecule has 126 valence electrons. The first-order chi connectivity index (χ1) is 10.8. The van der Waals surface area contributed by atoms with Gasteiger partial charge in [-0.2, -0.15) is 0 Å². The molecule has 1 heterocycles. The monoisotopic (exact) mass is 321 g/mol. The van der Waals surface area contributed by atoms with Crippen LogP contribution in [0, 0.1) is 11.3 Å². The maximum Gasteiger partial charge on any atom is 0.311 e. The summed E-state index contributed by atoms with van der Waals surface area (Å²) in [5, 5.41) is 9.59. The van der Waals surface area contributed by atoms with Gasteiger partial charge in [0.05, 0.1) is 19.6 Å². The van der Waals surface area contributed by atoms with Crippen molar-refractivity contribution in [3.05, 3.63) is 23.8 Å². The minimum atomic E-state index is -0.876. The summed E-state index contributed by atoms with van der Waals surface area (Å²) in [6.45, 7) is 4.43. The van der Waals surface area contributed by atoms with Crippen LogP contribution >= 0.6 is 0 Å². The zero-order valence-corrected chi connectivity index (χ0v) is 14.0. The maximum atomic E-state index is 12.7. The van der Waals surface area contributed by atoms with Gasteiger partial charge in [-0.1, -0.05) is 13.8 Å². The molecule has 1 unspecified atom stereocenters. The van der Waals surface area contributed by atoms with Gasteiger partial charge in [-0.05, 0) is 24.5 Å². The normalized spacial score (nSPS) is 20.7. The zero-order chi connectivity index (χ0) is 17.2. The van der Waals surface area contributed by atoms with Gasteiger partial charge >= 0.3 is 5.97 Å². The van der Waals surface area contributed by atoms with Crippen LogP contribution in [0.4, 0.5) is 0 Å². The maximum absolute atomic E-state index is 12.7. The van der Waals surface area contributed by atoms with Crippen molar-refractivity contribution in [2.75, 3.05) is 27.3 Å². The van der Waals surface area contributed by atoms with Gasteiger partial charge in [-0.3, -0.25) is 9.59 Å². The Kier molecular flexibility index (Phi) is 4.82. The van der Waals surface area contributed by atoms with Crippen molar-refractivity contribution in [3.8, 4) is 11.5 Å². The van der Waals surface area contributed by atoms with E-state index in [0.717, 1.165) is 0 Å². The van der Waals surface area contributed by atoms with Gasteiger partial charge in [0.1, 0.15) is 11.5 Å². The molecule has 1 aliphatic heterocycles. The SMILES string of the molecule is COc1cc(OC)cc(C(=O)N2CCC(C(=O)O)(C(C)C)C2)c1. The fraction of sp³-hybridized carbons (Fsp3) is 0.529. The number of carboxylic acid groups (broad SMARTS) is 1. The Morgan fingerprint density at radius 2 is 1.74 bits per heavy atom. The first-order valence-corrected chi connectivity index (χ1v) is 7.60. The van der Waals surface area contributed by atoms with Crippen molar-refractivity contribution in [1.82, 2.24) is 4.90 Å². The quantitative estimate of drug-likeness (QED) is 0.900. The van der Waals surface area contributed by atoms with E-state index in [1.54, 1.807) is 23.1 Å². The molecule has 0 spiro atoms. The minimum Gasteiger partial charge on any atom is -0.497 e. The first kappa shape index (κ1) is 17.1. The summed E-state index contributed by atoms with van der Waals surface area (Å²) in [6.07, 6.45) is 0.465. The fourth-order valence-electron chi connectivity index (χ4n) is 3.01. The van der Waals surface area contributed by atoms with Crippen molar-refractivity contribution in [3.63, 3.8) is 0 Å². The Hall–Kier alpha value is -2.24. The topological polar surface area (TPSA) is 76.1 Å². The summed E-state index contributed by atoms with van der Waals surface area (Å²) in [5.74, 6) is -0.0323. The van der Waals surface area contributed by atoms with Crippen molar-refractivity contribution >= 4 is 11.9 Å². The zero-order valence-electron chi connectivity index (χ0n) is 14.0. The summed E-state index contributed by atoms with van der Waals surface area (Å²) in [4.78, 5) is 26.0. The molecule has 1 atom stereocenters. The van der Waals surface area contributed by atoms with E-state index in [9.17, 15) is 14.7 Å². The van der Waals surface area contributed by atoms with Gasteiger partial charge < -0.3 is 19.5 Å². The molecule has 2 rings (SSSR count). The molecule has 1 fully saturated rings. The molecule has 0 aromatic heterocycles. The molecule has 1 amide bonds. The van der Waals surface area contributed by atoms with Crippen LogP contribution in [0.3, 0.4) is 0 Å². The summed E-state index contributed by atoms with van der Waals surface area (Å²) in [5.41, 5.74) is -0.440. The number of nitrogens with zero attached hydrogens (tertiary/aromatic N) is 1. The van der Waals surface area contributed by atoms with Gasteiger partial charge in [0.15, 0.2) is 0 Å². The lowest BCUT2D eigenvalue weighted by atomic mass is 9.76. The van der Waals surface area contributed by atoms with Crippen LogP contribution in [0.25, 0.3) is 0 Å². The Morgan fingerprint density at radius 1 is 1.17 bits per heavy atom. The molecule has 23 heavy (non-hydrogen) atoms. The number of methoxy groups -OCH3 is 2. The molecular formula is C17H23NO5. The molecular weight excluding hydrogens is 298 g/mol. The lowest BCUT2D eigenvalue weighted by molar-refractivity contribution is -0.150. The molecule has 6 heteroatoms. The third-order valence-corrected chi connectivity index (χ3v) is 4.72. The van der Waals surface area contributed by atoms with Crippen molar-refractivity contribution in [2.45, 2.75) is 20.3 Å². The first-order valence-electron chi connectivity index (χ1n) is 7.60. The highest BCUT2D eigenvalue weighted by Gasteiger charge is 2.48. The Bertz CT molecular complexity index is 591. The van der Waals surface area contributed by atoms with E-state index >= 15 is 0 Å². The van der Waals surface area contributed by atoms with Crippen LogP contribution in [0.1, 0.15) is 30.6 Å². The molecule has 1 N–H and O–H groups in total. The molecule has 1 saturated heterocycles. The van der Waals surface area contributed by atoms with E-state index in [1.165, 1.54) is 14.2 Å². The second kappa shape index (κ2) is 6.48. The van der Waals surface area contributed by atoms with Crippen LogP contribution < -0.4 is 9.47 Å². The number of benzene rings is 1. The lowest BCUT2D eigenvalue weighted by Crippen LogP contribution is -2.40. The van der Waals surface area contributed by atoms with Crippen LogP contribution in [-0.2, 0) is 4.79 Å². The molecule has 6 nitrogen and oxygen atoms in total. The number of hydrogen-bond acceptors (Lipinski definition) is 4. The van der Waals surface area contributed by atoms with E-state index in [1.807, 2.05) is 13.8 Å². The minimum absolute atomic E-state index is 0.0438. The summed E-state index contributed by atoms with van der Waals surface area (Å²) < 4.78 is 10.4. The number of likely N-dealkylation sites (tertiary alicyclic amines) is 1. The van der Waals surface area contributed by atoms with Crippen LogP contribution in [0.5, 0.6) is 11.5 Å². The van der Waals surface area contributed by atoms with Gasteiger partial charge in [-0.15, -0.1) is 0 Å². The molecule has 0 bridgehead atoms. The smallest absolute Gasteiger partial charge is 0.311 e. The van der Waals surface area contributed by atoms with Crippen LogP contribution in [0.15, 0.2) is 18.2 Å². The molecule has 1 aromatic carbocycles. The standard InChI is InChI=1S/C17H23NO5/c1-11(2)17(16(20)21)5-6-18(10-17)15(19)12-7-13(22-3)9-14(8-12)23-4/h7-9,11H,5-6,10H2,1-4H3,(H,20,21). The highest BCUT2D eigenvalue weighted by atomic mass is 16.5. The Labute approximate surface area is 136 Å². The Balaban J connectivity index is 2.27. The predicted octanol–water partition coefficient (Wildman–Crippen LogP) is 2.28. The van der Waals surface area contributed by atoms with Gasteiger partial charge in [0, 0.05) is 24.7 Å². The van der Waals surface area contributed by atoms with Crippen LogP contribution in [-0.4, -0.2) is 49.2 Å². The summed E-state index contributed by atoms with van der Waals surface area (Å²) >= 11 is 0. The molecule has 0 saturated carbocycles. The van der Waals surface area contributed by atoms with E-state index in [0.29, 0.717) is 30.0 Å². The second-order valence-electron chi connectivity index (χ2n) is 6.19. The number of rotatable bonds is 5. The van der Waals surface area contributed by atoms with Gasteiger partial charge in [0.2, 0.25) is 0 Å². The predicted molar refractivity (Wildman–Crippen MR) is 85.0 cm³/mol. The number of aliphatic carboxylic acids is 1. The average Bonchev–Trinajstić information content (AvgIpc) is 3.00. The van der Waals surface area contributed by atoms with Crippen molar-refractivity contribution < 1.29 is 24.2 Å². The fourth-order valence-corrected chi connectivity index (χ4v) is 3.01. The molecule has 0 radical (unpaired) electrons. The Morgan fingerprint density at radius 3 is 2.13 bits per heavy atom. The highest BCUT2D eigenvalue weighted by Crippen LogP contribution is 2.39. The van der Waals surface area contributed by atoms with E-state index in [-0.39, 0.29) is 18.4 Å². The van der Waals surface area contributed by atoms with Crippen molar-refractivity contribution in [2.24, 2.45) is 11.3 Å². The van der Waals surface area contributed by atoms with E-state index in [4.69, 9.17) is 9.47 Å². The van der Waals surface area contributed by atoms with Crippen LogP contribution in [0.2, 0.25) is 0 Å². The largest absolute Gasteiger partial charge is 0.497 e. The van der Waals surface area contributed by atoms with Crippen molar-refractivity contribution in [1.29, 1.82) is 0 Å². The molecule has 1 aromatic rings. The van der Waals surface area contributed by atoms with E-state index in [2.05, 4.69) is 0 Å². The number of hydrogen-bond donors (Lipinski definition) is 1. The number of ether oxygens (including phenoxy) is 2. The third kappa shape index (κ3) is 3.11. The highest BCUT2D eigenvalue weighted by molar-refractivity contribution is 5.96. The average molecular weight is 321 g/mol. The number of carbonyl (C=O) groups excluding carboxylic acids is 1. The second-order valence-corrected chi connectivity index (χ2v) is 6.19. The third-order valence-electron chi connectivity index (χ3n) is 4.72. The van der Waals surface area contributed by atoms with Gasteiger partial charge in [0.25, 0.3) is 5.91 Å². The number of carboxylic acids is 1. The summed E-state index contributed by atoms with van der Waals surface area (Å²) in [7, 11) is 3.04. The van der Waals surface area contributed by atoms with Gasteiger partial charge in [-0.25, -0.2) is 0 Å². The number of carbonyl (C=O) groups is 2. The summed E-state index contributed by atoms with van der Waals surface area (Å²) in [6, 6.07) is 4.97. The molecule has 1 aliphatic rings. The van der Waals surface area contributed by atoms with E-state index < -0.39 is 11.4 Å². The number of amides is 1.